The summed E-state index contributed by atoms with van der Waals surface area (Å²) in [6.45, 7) is 0.726. The third-order valence-electron chi connectivity index (χ3n) is 3.22. The maximum atomic E-state index is 11.8. The molecule has 1 amide bonds. The van der Waals surface area contributed by atoms with E-state index >= 15 is 0 Å². The molecule has 0 fully saturated rings. The van der Waals surface area contributed by atoms with Gasteiger partial charge in [-0.3, -0.25) is 9.89 Å². The second-order valence-corrected chi connectivity index (χ2v) is 4.91. The molecule has 0 aliphatic carbocycles. The fourth-order valence-electron chi connectivity index (χ4n) is 2.06. The molecule has 1 heterocycles. The fraction of sp³-hybridized carbons (Fsp3) is 0.400. The highest BCUT2D eigenvalue weighted by atomic mass is 35.5. The van der Waals surface area contributed by atoms with Crippen LogP contribution in [0.5, 0.6) is 0 Å². The summed E-state index contributed by atoms with van der Waals surface area (Å²) in [6.07, 6.45) is 6.10. The van der Waals surface area contributed by atoms with Crippen LogP contribution in [0.1, 0.15) is 32.1 Å². The zero-order chi connectivity index (χ0) is 14.9. The summed E-state index contributed by atoms with van der Waals surface area (Å²) >= 11 is 0. The van der Waals surface area contributed by atoms with Crippen LogP contribution in [0.25, 0.3) is 11.4 Å². The van der Waals surface area contributed by atoms with Crippen molar-refractivity contribution in [2.75, 3.05) is 11.9 Å². The number of nitrogens with zero attached hydrogens (tertiary/aromatic N) is 2. The molecule has 0 aliphatic rings. The van der Waals surface area contributed by atoms with E-state index in [0.29, 0.717) is 12.2 Å². The van der Waals surface area contributed by atoms with E-state index in [9.17, 15) is 4.79 Å². The molecule has 2 rings (SSSR count). The van der Waals surface area contributed by atoms with Crippen molar-refractivity contribution in [3.05, 3.63) is 30.6 Å². The van der Waals surface area contributed by atoms with Crippen molar-refractivity contribution in [2.45, 2.75) is 32.1 Å². The molecule has 0 saturated carbocycles. The Kier molecular flexibility index (Phi) is 8.17. The minimum Gasteiger partial charge on any atom is -0.330 e. The number of nitrogens with two attached hydrogens (primary N) is 1. The van der Waals surface area contributed by atoms with Crippen LogP contribution in [0.3, 0.4) is 0 Å². The quantitative estimate of drug-likeness (QED) is 0.651. The van der Waals surface area contributed by atoms with Crippen LogP contribution >= 0.6 is 12.4 Å². The van der Waals surface area contributed by atoms with E-state index < -0.39 is 0 Å². The van der Waals surface area contributed by atoms with E-state index in [1.807, 2.05) is 24.3 Å². The number of H-pyrrole nitrogens is 1. The van der Waals surface area contributed by atoms with Gasteiger partial charge in [-0.25, -0.2) is 4.98 Å². The van der Waals surface area contributed by atoms with Crippen molar-refractivity contribution in [1.82, 2.24) is 15.2 Å². The molecule has 7 heteroatoms. The van der Waals surface area contributed by atoms with Crippen molar-refractivity contribution < 1.29 is 4.79 Å². The van der Waals surface area contributed by atoms with Gasteiger partial charge in [-0.2, -0.15) is 5.10 Å². The van der Waals surface area contributed by atoms with Gasteiger partial charge in [0.1, 0.15) is 6.33 Å². The second kappa shape index (κ2) is 9.92. The molecule has 6 nitrogen and oxygen atoms in total. The first-order valence-corrected chi connectivity index (χ1v) is 7.25. The lowest BCUT2D eigenvalue weighted by molar-refractivity contribution is -0.116. The number of benzene rings is 1. The van der Waals surface area contributed by atoms with E-state index in [2.05, 4.69) is 20.5 Å². The van der Waals surface area contributed by atoms with Gasteiger partial charge in [-0.05, 0) is 43.7 Å². The molecule has 0 atom stereocenters. The topological polar surface area (TPSA) is 96.7 Å². The van der Waals surface area contributed by atoms with Crippen LogP contribution in [0, 0.1) is 0 Å². The third kappa shape index (κ3) is 5.83. The number of amides is 1. The Hall–Kier alpha value is -1.92. The van der Waals surface area contributed by atoms with Crippen molar-refractivity contribution in [3.8, 4) is 11.4 Å². The Balaban J connectivity index is 0.00000242. The third-order valence-corrected chi connectivity index (χ3v) is 3.22. The smallest absolute Gasteiger partial charge is 0.224 e. The lowest BCUT2D eigenvalue weighted by Crippen LogP contribution is -2.11. The summed E-state index contributed by atoms with van der Waals surface area (Å²) in [4.78, 5) is 15.9. The number of aromatic amines is 1. The monoisotopic (exact) mass is 323 g/mol. The van der Waals surface area contributed by atoms with Crippen molar-refractivity contribution in [3.63, 3.8) is 0 Å². The molecule has 0 aliphatic heterocycles. The van der Waals surface area contributed by atoms with E-state index in [4.69, 9.17) is 5.73 Å². The Labute approximate surface area is 136 Å². The fourth-order valence-corrected chi connectivity index (χ4v) is 2.06. The van der Waals surface area contributed by atoms with Gasteiger partial charge in [0.05, 0.1) is 0 Å². The number of hydrogen-bond acceptors (Lipinski definition) is 4. The number of rotatable bonds is 8. The van der Waals surface area contributed by atoms with Crippen molar-refractivity contribution in [1.29, 1.82) is 0 Å². The average molecular weight is 324 g/mol. The summed E-state index contributed by atoms with van der Waals surface area (Å²) in [5.41, 5.74) is 7.16. The van der Waals surface area contributed by atoms with Crippen LogP contribution in [0.2, 0.25) is 0 Å². The zero-order valence-corrected chi connectivity index (χ0v) is 13.2. The van der Waals surface area contributed by atoms with Crippen molar-refractivity contribution in [2.24, 2.45) is 5.73 Å². The summed E-state index contributed by atoms with van der Waals surface area (Å²) < 4.78 is 0. The number of aromatic nitrogens is 3. The van der Waals surface area contributed by atoms with Gasteiger partial charge in [-0.1, -0.05) is 12.8 Å². The maximum Gasteiger partial charge on any atom is 0.224 e. The van der Waals surface area contributed by atoms with Gasteiger partial charge in [0, 0.05) is 17.7 Å². The first-order valence-electron chi connectivity index (χ1n) is 7.25. The van der Waals surface area contributed by atoms with E-state index in [0.717, 1.165) is 43.5 Å². The first-order chi connectivity index (χ1) is 10.3. The van der Waals surface area contributed by atoms with Crippen LogP contribution in [-0.4, -0.2) is 27.6 Å². The predicted octanol–water partition coefficient (Wildman–Crippen LogP) is 2.74. The molecule has 1 aromatic heterocycles. The van der Waals surface area contributed by atoms with Crippen LogP contribution in [0.15, 0.2) is 30.6 Å². The van der Waals surface area contributed by atoms with E-state index in [-0.39, 0.29) is 18.3 Å². The highest BCUT2D eigenvalue weighted by molar-refractivity contribution is 5.90. The number of halogens is 1. The Bertz CT molecular complexity index is 542. The zero-order valence-electron chi connectivity index (χ0n) is 12.4. The largest absolute Gasteiger partial charge is 0.330 e. The minimum absolute atomic E-state index is 0. The Morgan fingerprint density at radius 1 is 1.14 bits per heavy atom. The number of anilines is 1. The van der Waals surface area contributed by atoms with E-state index in [1.165, 1.54) is 6.33 Å². The molecule has 4 N–H and O–H groups in total. The number of hydrogen-bond donors (Lipinski definition) is 3. The molecule has 120 valence electrons. The molecule has 2 aromatic rings. The molecule has 0 bridgehead atoms. The maximum absolute atomic E-state index is 11.8. The van der Waals surface area contributed by atoms with Crippen LogP contribution < -0.4 is 11.1 Å². The number of nitrogens with one attached hydrogen (secondary N) is 2. The van der Waals surface area contributed by atoms with Crippen LogP contribution in [0.4, 0.5) is 5.69 Å². The normalized spacial score (nSPS) is 10.0. The standard InChI is InChI=1S/C15H21N5O.ClH/c16-10-4-2-1-3-5-14(21)19-13-8-6-12(7-9-13)15-17-11-18-20-15;/h6-9,11H,1-5,10,16H2,(H,19,21)(H,17,18,20);1H. The van der Waals surface area contributed by atoms with Crippen molar-refractivity contribution >= 4 is 24.0 Å². The highest BCUT2D eigenvalue weighted by Gasteiger charge is 2.04. The average Bonchev–Trinajstić information content (AvgIpc) is 3.02. The lowest BCUT2D eigenvalue weighted by atomic mass is 10.1. The summed E-state index contributed by atoms with van der Waals surface area (Å²) in [7, 11) is 0. The molecule has 0 radical (unpaired) electrons. The summed E-state index contributed by atoms with van der Waals surface area (Å²) in [5.74, 6) is 0.767. The summed E-state index contributed by atoms with van der Waals surface area (Å²) in [5, 5.41) is 9.51. The SMILES string of the molecule is Cl.NCCCCCCC(=O)Nc1ccc(-c2ncn[nH]2)cc1. The Morgan fingerprint density at radius 2 is 1.86 bits per heavy atom. The van der Waals surface area contributed by atoms with Gasteiger partial charge in [0.2, 0.25) is 5.91 Å². The molecule has 1 aromatic carbocycles. The molecule has 22 heavy (non-hydrogen) atoms. The lowest BCUT2D eigenvalue weighted by Gasteiger charge is -2.06. The van der Waals surface area contributed by atoms with E-state index in [1.54, 1.807) is 0 Å². The first kappa shape index (κ1) is 18.1. The Morgan fingerprint density at radius 3 is 2.50 bits per heavy atom. The second-order valence-electron chi connectivity index (χ2n) is 4.91. The van der Waals surface area contributed by atoms with Crippen LogP contribution in [-0.2, 0) is 4.79 Å². The number of carbonyl (C=O) groups is 1. The minimum atomic E-state index is 0. The summed E-state index contributed by atoms with van der Waals surface area (Å²) in [6, 6.07) is 7.53. The van der Waals surface area contributed by atoms with Gasteiger partial charge in [0.25, 0.3) is 0 Å². The predicted molar refractivity (Wildman–Crippen MR) is 89.8 cm³/mol. The highest BCUT2D eigenvalue weighted by Crippen LogP contribution is 2.17. The molecule has 0 unspecified atom stereocenters. The molecule has 0 saturated heterocycles. The molecule has 0 spiro atoms. The van der Waals surface area contributed by atoms with Gasteiger partial charge in [-0.15, -0.1) is 12.4 Å². The van der Waals surface area contributed by atoms with Gasteiger partial charge in [0.15, 0.2) is 5.82 Å². The van der Waals surface area contributed by atoms with Gasteiger partial charge >= 0.3 is 0 Å². The molecular weight excluding hydrogens is 302 g/mol. The van der Waals surface area contributed by atoms with Gasteiger partial charge < -0.3 is 11.1 Å². The number of carbonyl (C=O) groups excluding carboxylic acids is 1. The molecular formula is C15H22ClN5O. The number of unbranched alkanes of at least 4 members (excludes halogenated alkanes) is 3.